The number of ether oxygens (including phenoxy) is 3. The summed E-state index contributed by atoms with van der Waals surface area (Å²) in [7, 11) is 0. The molecule has 0 aliphatic carbocycles. The minimum Gasteiger partial charge on any atom is -0.462 e. The van der Waals surface area contributed by atoms with Crippen molar-refractivity contribution >= 4 is 17.9 Å². The summed E-state index contributed by atoms with van der Waals surface area (Å²) in [6.07, 6.45) is 61.7. The molecule has 0 bridgehead atoms. The van der Waals surface area contributed by atoms with E-state index in [9.17, 15) is 14.4 Å². The van der Waals surface area contributed by atoms with Gasteiger partial charge < -0.3 is 14.2 Å². The van der Waals surface area contributed by atoms with Crippen LogP contribution in [-0.4, -0.2) is 37.2 Å². The fourth-order valence-electron chi connectivity index (χ4n) is 6.91. The van der Waals surface area contributed by atoms with E-state index in [0.29, 0.717) is 19.3 Å². The van der Waals surface area contributed by atoms with E-state index in [4.69, 9.17) is 14.2 Å². The summed E-state index contributed by atoms with van der Waals surface area (Å²) in [4.78, 5) is 37.9. The fourth-order valence-corrected chi connectivity index (χ4v) is 6.91. The average molecular weight is 851 g/mol. The number of rotatable bonds is 45. The predicted molar refractivity (Wildman–Crippen MR) is 261 cm³/mol. The highest BCUT2D eigenvalue weighted by atomic mass is 16.6. The summed E-state index contributed by atoms with van der Waals surface area (Å²) < 4.78 is 16.7. The molecule has 0 aliphatic rings. The number of carbonyl (C=O) groups is 3. The number of unbranched alkanes of at least 4 members (excludes halogenated alkanes) is 25. The molecule has 0 aromatic carbocycles. The van der Waals surface area contributed by atoms with Crippen LogP contribution < -0.4 is 0 Å². The lowest BCUT2D eigenvalue weighted by Gasteiger charge is -2.18. The molecular formula is C55H94O6. The van der Waals surface area contributed by atoms with E-state index in [2.05, 4.69) is 57.2 Å². The Labute approximate surface area is 376 Å². The Kier molecular flexibility index (Phi) is 46.9. The van der Waals surface area contributed by atoms with Gasteiger partial charge in [-0.3, -0.25) is 14.4 Å². The minimum absolute atomic E-state index is 0.0986. The first-order chi connectivity index (χ1) is 30.0. The number of allylic oxidation sites excluding steroid dienone is 12. The van der Waals surface area contributed by atoms with E-state index < -0.39 is 6.10 Å². The van der Waals surface area contributed by atoms with Crippen LogP contribution in [0.2, 0.25) is 0 Å². The van der Waals surface area contributed by atoms with Gasteiger partial charge in [-0.15, -0.1) is 0 Å². The van der Waals surface area contributed by atoms with Crippen LogP contribution in [0.3, 0.4) is 0 Å². The van der Waals surface area contributed by atoms with Crippen LogP contribution in [0.4, 0.5) is 0 Å². The largest absolute Gasteiger partial charge is 0.462 e. The molecule has 0 radical (unpaired) electrons. The zero-order chi connectivity index (χ0) is 44.4. The molecule has 0 saturated carbocycles. The van der Waals surface area contributed by atoms with Gasteiger partial charge in [0.2, 0.25) is 0 Å². The second-order valence-corrected chi connectivity index (χ2v) is 16.8. The Hall–Kier alpha value is -3.15. The van der Waals surface area contributed by atoms with Crippen LogP contribution in [-0.2, 0) is 28.6 Å². The van der Waals surface area contributed by atoms with Crippen molar-refractivity contribution in [3.8, 4) is 0 Å². The van der Waals surface area contributed by atoms with E-state index in [1.807, 2.05) is 36.5 Å². The second kappa shape index (κ2) is 49.5. The first kappa shape index (κ1) is 57.9. The summed E-state index contributed by atoms with van der Waals surface area (Å²) in [5.74, 6) is -0.962. The molecule has 0 saturated heterocycles. The molecule has 0 amide bonds. The van der Waals surface area contributed by atoms with Gasteiger partial charge in [0.15, 0.2) is 6.10 Å². The zero-order valence-electron chi connectivity index (χ0n) is 39.9. The van der Waals surface area contributed by atoms with Crippen LogP contribution >= 0.6 is 0 Å². The molecular weight excluding hydrogens is 757 g/mol. The highest BCUT2D eigenvalue weighted by Crippen LogP contribution is 2.14. The normalized spacial score (nSPS) is 12.6. The van der Waals surface area contributed by atoms with Gasteiger partial charge in [-0.1, -0.05) is 203 Å². The van der Waals surface area contributed by atoms with Crippen LogP contribution in [0.25, 0.3) is 0 Å². The standard InChI is InChI=1S/C55H94O6/c1-4-7-10-13-16-19-22-25-27-28-31-33-36-39-42-45-48-54(57)60-51-52(50-59-53(56)47-44-41-38-35-32-29-24-21-18-15-12-9-6-3)61-55(58)49-46-43-40-37-34-30-26-23-20-17-14-11-8-5-2/h9,12,15,18,21,24,27-30,32,34,52H,4-8,10-11,13-14,16-17,19-20,22-23,25-26,31,33,35-51H2,1-3H3/b12-9+,18-15+,24-21+,28-27+,32-29+,34-30+. The fraction of sp³-hybridized carbons (Fsp3) is 0.727. The summed E-state index contributed by atoms with van der Waals surface area (Å²) in [6, 6.07) is 0. The molecule has 0 fully saturated rings. The molecule has 61 heavy (non-hydrogen) atoms. The van der Waals surface area contributed by atoms with Crippen LogP contribution in [0.15, 0.2) is 72.9 Å². The van der Waals surface area contributed by atoms with Gasteiger partial charge in [0.05, 0.1) is 0 Å². The Morgan fingerprint density at radius 3 is 1.07 bits per heavy atom. The Balaban J connectivity index is 4.46. The zero-order valence-corrected chi connectivity index (χ0v) is 39.9. The highest BCUT2D eigenvalue weighted by molar-refractivity contribution is 5.71. The van der Waals surface area contributed by atoms with E-state index in [1.165, 1.54) is 109 Å². The maximum Gasteiger partial charge on any atom is 0.306 e. The van der Waals surface area contributed by atoms with Crippen molar-refractivity contribution in [2.24, 2.45) is 0 Å². The van der Waals surface area contributed by atoms with E-state index in [-0.39, 0.29) is 31.1 Å². The average Bonchev–Trinajstić information content (AvgIpc) is 3.26. The number of hydrogen-bond acceptors (Lipinski definition) is 6. The van der Waals surface area contributed by atoms with Crippen molar-refractivity contribution in [2.45, 2.75) is 245 Å². The number of esters is 3. The molecule has 0 spiro atoms. The van der Waals surface area contributed by atoms with E-state index >= 15 is 0 Å². The lowest BCUT2D eigenvalue weighted by Crippen LogP contribution is -2.30. The molecule has 350 valence electrons. The van der Waals surface area contributed by atoms with Crippen LogP contribution in [0.5, 0.6) is 0 Å². The summed E-state index contributed by atoms with van der Waals surface area (Å²) in [5.41, 5.74) is 0. The number of hydrogen-bond donors (Lipinski definition) is 0. The van der Waals surface area contributed by atoms with Crippen molar-refractivity contribution in [1.82, 2.24) is 0 Å². The summed E-state index contributed by atoms with van der Waals surface area (Å²) in [6.45, 7) is 6.43. The van der Waals surface area contributed by atoms with Gasteiger partial charge in [0.25, 0.3) is 0 Å². The van der Waals surface area contributed by atoms with Gasteiger partial charge in [0.1, 0.15) is 13.2 Å². The van der Waals surface area contributed by atoms with E-state index in [0.717, 1.165) is 89.9 Å². The van der Waals surface area contributed by atoms with E-state index in [1.54, 1.807) is 0 Å². The maximum absolute atomic E-state index is 12.8. The number of carbonyl (C=O) groups excluding carboxylic acids is 3. The minimum atomic E-state index is -0.801. The van der Waals surface area contributed by atoms with Crippen molar-refractivity contribution in [1.29, 1.82) is 0 Å². The first-order valence-corrected chi connectivity index (χ1v) is 25.5. The SMILES string of the molecule is CC/C=C/C=C/C=C/C=C/CCCCCC(=O)OCC(COC(=O)CCCCCCC/C=C/CCCCCCCCC)OC(=O)CCCCC/C=C/CCCCCCCCC. The third-order valence-electron chi connectivity index (χ3n) is 10.8. The predicted octanol–water partition coefficient (Wildman–Crippen LogP) is 16.6. The van der Waals surface area contributed by atoms with Crippen LogP contribution in [0, 0.1) is 0 Å². The molecule has 0 aromatic rings. The highest BCUT2D eigenvalue weighted by Gasteiger charge is 2.19. The molecule has 0 aliphatic heterocycles. The molecule has 6 nitrogen and oxygen atoms in total. The maximum atomic E-state index is 12.8. The van der Waals surface area contributed by atoms with Crippen molar-refractivity contribution in [3.05, 3.63) is 72.9 Å². The van der Waals surface area contributed by atoms with Gasteiger partial charge in [-0.25, -0.2) is 0 Å². The first-order valence-electron chi connectivity index (χ1n) is 25.5. The van der Waals surface area contributed by atoms with Gasteiger partial charge >= 0.3 is 17.9 Å². The molecule has 0 aromatic heterocycles. The third kappa shape index (κ3) is 47.7. The molecule has 1 atom stereocenters. The third-order valence-corrected chi connectivity index (χ3v) is 10.8. The van der Waals surface area contributed by atoms with Gasteiger partial charge in [0, 0.05) is 19.3 Å². The smallest absolute Gasteiger partial charge is 0.306 e. The second-order valence-electron chi connectivity index (χ2n) is 16.8. The van der Waals surface area contributed by atoms with Crippen molar-refractivity contribution in [3.63, 3.8) is 0 Å². The van der Waals surface area contributed by atoms with Gasteiger partial charge in [-0.05, 0) is 89.9 Å². The topological polar surface area (TPSA) is 78.9 Å². The van der Waals surface area contributed by atoms with Crippen molar-refractivity contribution in [2.75, 3.05) is 13.2 Å². The molecule has 1 unspecified atom stereocenters. The molecule has 6 heteroatoms. The van der Waals surface area contributed by atoms with Gasteiger partial charge in [-0.2, -0.15) is 0 Å². The summed E-state index contributed by atoms with van der Waals surface area (Å²) >= 11 is 0. The Bertz CT molecular complexity index is 1160. The monoisotopic (exact) mass is 851 g/mol. The lowest BCUT2D eigenvalue weighted by molar-refractivity contribution is -0.167. The van der Waals surface area contributed by atoms with Crippen LogP contribution in [0.1, 0.15) is 239 Å². The lowest BCUT2D eigenvalue weighted by atomic mass is 10.1. The Morgan fingerprint density at radius 2 is 0.656 bits per heavy atom. The van der Waals surface area contributed by atoms with Crippen molar-refractivity contribution < 1.29 is 28.6 Å². The molecule has 0 rings (SSSR count). The Morgan fingerprint density at radius 1 is 0.344 bits per heavy atom. The quantitative estimate of drug-likeness (QED) is 0.0200. The molecule has 0 heterocycles. The molecule has 0 N–H and O–H groups in total. The summed E-state index contributed by atoms with van der Waals surface area (Å²) in [5, 5.41) is 0.